The Morgan fingerprint density at radius 1 is 1.13 bits per heavy atom. The standard InChI is InChI=1S/C21H22N4O4S2/c1-14-7-9-15(10-8-14)31(27,28)25-12-11-17-19(13-25)30-21(23-17)24-20(26)22-16-5-3-4-6-18(16)29-2/h3-10H,11-13H2,1-2H3,(H2,22,23,24,26). The van der Waals surface area contributed by atoms with Gasteiger partial charge in [-0.25, -0.2) is 18.2 Å². The smallest absolute Gasteiger partial charge is 0.325 e. The van der Waals surface area contributed by atoms with Crippen molar-refractivity contribution in [2.75, 3.05) is 24.3 Å². The van der Waals surface area contributed by atoms with Crippen LogP contribution in [0.25, 0.3) is 0 Å². The summed E-state index contributed by atoms with van der Waals surface area (Å²) in [5.74, 6) is 0.549. The van der Waals surface area contributed by atoms with E-state index in [1.807, 2.05) is 13.0 Å². The van der Waals surface area contributed by atoms with Gasteiger partial charge in [-0.2, -0.15) is 4.31 Å². The lowest BCUT2D eigenvalue weighted by atomic mass is 10.2. The molecule has 1 aromatic heterocycles. The van der Waals surface area contributed by atoms with E-state index in [4.69, 9.17) is 4.74 Å². The van der Waals surface area contributed by atoms with E-state index in [1.165, 1.54) is 22.8 Å². The van der Waals surface area contributed by atoms with Gasteiger partial charge in [0.1, 0.15) is 5.75 Å². The van der Waals surface area contributed by atoms with E-state index in [2.05, 4.69) is 15.6 Å². The fraction of sp³-hybridized carbons (Fsp3) is 0.238. The molecule has 2 amide bonds. The Labute approximate surface area is 184 Å². The number of para-hydroxylation sites is 2. The molecule has 1 aliphatic rings. The zero-order valence-electron chi connectivity index (χ0n) is 17.1. The number of amides is 2. The summed E-state index contributed by atoms with van der Waals surface area (Å²) in [7, 11) is -2.05. The van der Waals surface area contributed by atoms with Crippen molar-refractivity contribution in [3.63, 3.8) is 0 Å². The van der Waals surface area contributed by atoms with Crippen LogP contribution in [0.15, 0.2) is 53.4 Å². The van der Waals surface area contributed by atoms with Gasteiger partial charge < -0.3 is 10.1 Å². The fourth-order valence-corrected chi connectivity index (χ4v) is 5.80. The van der Waals surface area contributed by atoms with E-state index in [1.54, 1.807) is 42.5 Å². The van der Waals surface area contributed by atoms with Gasteiger partial charge in [0, 0.05) is 17.8 Å². The van der Waals surface area contributed by atoms with E-state index in [-0.39, 0.29) is 11.4 Å². The Bertz CT molecular complexity index is 1210. The maximum absolute atomic E-state index is 13.0. The fourth-order valence-electron chi connectivity index (χ4n) is 3.29. The minimum absolute atomic E-state index is 0.235. The van der Waals surface area contributed by atoms with Gasteiger partial charge in [-0.1, -0.05) is 41.2 Å². The molecule has 4 rings (SSSR count). The Morgan fingerprint density at radius 3 is 2.61 bits per heavy atom. The highest BCUT2D eigenvalue weighted by Gasteiger charge is 2.30. The van der Waals surface area contributed by atoms with E-state index >= 15 is 0 Å². The first-order valence-corrected chi connectivity index (χ1v) is 11.9. The molecule has 1 aliphatic heterocycles. The van der Waals surface area contributed by atoms with Gasteiger partial charge in [0.2, 0.25) is 10.0 Å². The Kier molecular flexibility index (Phi) is 5.94. The molecule has 162 valence electrons. The molecule has 2 heterocycles. The van der Waals surface area contributed by atoms with Crippen LogP contribution in [-0.2, 0) is 23.0 Å². The molecular weight excluding hydrogens is 436 g/mol. The number of aryl methyl sites for hydroxylation is 1. The SMILES string of the molecule is COc1ccccc1NC(=O)Nc1nc2c(s1)CN(S(=O)(=O)c1ccc(C)cc1)CC2. The number of methoxy groups -OCH3 is 1. The number of hydrogen-bond acceptors (Lipinski definition) is 6. The lowest BCUT2D eigenvalue weighted by Crippen LogP contribution is -2.35. The summed E-state index contributed by atoms with van der Waals surface area (Å²) in [5, 5.41) is 5.88. The first kappa shape index (κ1) is 21.3. The average molecular weight is 459 g/mol. The van der Waals surface area contributed by atoms with Crippen LogP contribution >= 0.6 is 11.3 Å². The van der Waals surface area contributed by atoms with Crippen LogP contribution in [0.5, 0.6) is 5.75 Å². The molecule has 0 saturated carbocycles. The molecule has 0 unspecified atom stereocenters. The summed E-state index contributed by atoms with van der Waals surface area (Å²) in [6.45, 7) is 2.50. The van der Waals surface area contributed by atoms with Crippen LogP contribution in [-0.4, -0.2) is 37.4 Å². The molecular formula is C21H22N4O4S2. The highest BCUT2D eigenvalue weighted by Crippen LogP contribution is 2.31. The average Bonchev–Trinajstić information content (AvgIpc) is 3.15. The molecule has 8 nitrogen and oxygen atoms in total. The maximum Gasteiger partial charge on any atom is 0.325 e. The summed E-state index contributed by atoms with van der Waals surface area (Å²) in [4.78, 5) is 18.0. The second-order valence-corrected chi connectivity index (χ2v) is 10.1. The van der Waals surface area contributed by atoms with Crippen molar-refractivity contribution in [1.29, 1.82) is 0 Å². The number of carbonyl (C=O) groups excluding carboxylic acids is 1. The van der Waals surface area contributed by atoms with E-state index in [9.17, 15) is 13.2 Å². The number of fused-ring (bicyclic) bond motifs is 1. The van der Waals surface area contributed by atoms with Crippen LogP contribution in [0.1, 0.15) is 16.1 Å². The summed E-state index contributed by atoms with van der Waals surface area (Å²) >= 11 is 1.28. The molecule has 0 saturated heterocycles. The third-order valence-corrected chi connectivity index (χ3v) is 7.79. The molecule has 10 heteroatoms. The first-order chi connectivity index (χ1) is 14.9. The molecule has 0 spiro atoms. The van der Waals surface area contributed by atoms with Crippen molar-refractivity contribution in [2.45, 2.75) is 24.8 Å². The predicted molar refractivity (Wildman–Crippen MR) is 120 cm³/mol. The predicted octanol–water partition coefficient (Wildman–Crippen LogP) is 3.85. The molecule has 31 heavy (non-hydrogen) atoms. The third kappa shape index (κ3) is 4.55. The van der Waals surface area contributed by atoms with Crippen molar-refractivity contribution in [1.82, 2.24) is 9.29 Å². The number of sulfonamides is 1. The Balaban J connectivity index is 1.46. The van der Waals surface area contributed by atoms with Gasteiger partial charge in [-0.05, 0) is 31.2 Å². The maximum atomic E-state index is 13.0. The Morgan fingerprint density at radius 2 is 1.87 bits per heavy atom. The first-order valence-electron chi connectivity index (χ1n) is 9.63. The van der Waals surface area contributed by atoms with Gasteiger partial charge >= 0.3 is 6.03 Å². The van der Waals surface area contributed by atoms with Crippen molar-refractivity contribution in [2.24, 2.45) is 0 Å². The number of ether oxygens (including phenoxy) is 1. The lowest BCUT2D eigenvalue weighted by molar-refractivity contribution is 0.262. The quantitative estimate of drug-likeness (QED) is 0.605. The molecule has 0 fully saturated rings. The van der Waals surface area contributed by atoms with Crippen molar-refractivity contribution in [3.05, 3.63) is 64.7 Å². The summed E-state index contributed by atoms with van der Waals surface area (Å²) in [6.07, 6.45) is 0.493. The minimum Gasteiger partial charge on any atom is -0.495 e. The number of benzene rings is 2. The van der Waals surface area contributed by atoms with Gasteiger partial charge in [-0.3, -0.25) is 5.32 Å². The van der Waals surface area contributed by atoms with Gasteiger partial charge in [-0.15, -0.1) is 0 Å². The second kappa shape index (κ2) is 8.66. The minimum atomic E-state index is -3.59. The van der Waals surface area contributed by atoms with Crippen LogP contribution in [0.2, 0.25) is 0 Å². The lowest BCUT2D eigenvalue weighted by Gasteiger charge is -2.25. The molecule has 0 bridgehead atoms. The van der Waals surface area contributed by atoms with E-state index in [0.29, 0.717) is 29.5 Å². The molecule has 2 aromatic carbocycles. The number of urea groups is 1. The zero-order chi connectivity index (χ0) is 22.0. The van der Waals surface area contributed by atoms with Gasteiger partial charge in [0.05, 0.1) is 29.9 Å². The van der Waals surface area contributed by atoms with Crippen LogP contribution in [0, 0.1) is 6.92 Å². The van der Waals surface area contributed by atoms with Gasteiger partial charge in [0.15, 0.2) is 5.13 Å². The summed E-state index contributed by atoms with van der Waals surface area (Å²) in [6, 6.07) is 13.5. The number of nitrogens with one attached hydrogen (secondary N) is 2. The van der Waals surface area contributed by atoms with E-state index < -0.39 is 16.1 Å². The Hall–Kier alpha value is -2.95. The second-order valence-electron chi connectivity index (χ2n) is 7.07. The number of aromatic nitrogens is 1. The highest BCUT2D eigenvalue weighted by molar-refractivity contribution is 7.89. The number of hydrogen-bond donors (Lipinski definition) is 2. The number of carbonyl (C=O) groups is 1. The number of anilines is 2. The molecule has 2 N–H and O–H groups in total. The zero-order valence-corrected chi connectivity index (χ0v) is 18.7. The highest BCUT2D eigenvalue weighted by atomic mass is 32.2. The summed E-state index contributed by atoms with van der Waals surface area (Å²) in [5.41, 5.74) is 2.36. The number of nitrogens with zero attached hydrogens (tertiary/aromatic N) is 2. The number of rotatable bonds is 5. The molecule has 0 radical (unpaired) electrons. The van der Waals surface area contributed by atoms with Crippen molar-refractivity contribution in [3.8, 4) is 5.75 Å². The van der Waals surface area contributed by atoms with Crippen LogP contribution in [0.3, 0.4) is 0 Å². The van der Waals surface area contributed by atoms with Gasteiger partial charge in [0.25, 0.3) is 0 Å². The monoisotopic (exact) mass is 458 g/mol. The van der Waals surface area contributed by atoms with Crippen molar-refractivity contribution < 1.29 is 17.9 Å². The van der Waals surface area contributed by atoms with Crippen LogP contribution < -0.4 is 15.4 Å². The number of thiazole rings is 1. The molecule has 0 atom stereocenters. The normalized spacial score (nSPS) is 14.0. The molecule has 0 aliphatic carbocycles. The third-order valence-electron chi connectivity index (χ3n) is 4.93. The summed E-state index contributed by atoms with van der Waals surface area (Å²) < 4.78 is 32.6. The topological polar surface area (TPSA) is 101 Å². The van der Waals surface area contributed by atoms with Crippen molar-refractivity contribution >= 4 is 38.2 Å². The van der Waals surface area contributed by atoms with E-state index in [0.717, 1.165) is 16.1 Å². The largest absolute Gasteiger partial charge is 0.495 e. The van der Waals surface area contributed by atoms with Crippen LogP contribution in [0.4, 0.5) is 15.6 Å². The molecule has 3 aromatic rings.